The van der Waals surface area contributed by atoms with Crippen LogP contribution in [0.2, 0.25) is 0 Å². The molecule has 0 saturated heterocycles. The molecule has 0 aliphatic heterocycles. The van der Waals surface area contributed by atoms with E-state index in [1.54, 1.807) is 11.8 Å². The van der Waals surface area contributed by atoms with Crippen LogP contribution < -0.4 is 5.73 Å². The zero-order valence-electron chi connectivity index (χ0n) is 10.4. The third kappa shape index (κ3) is 3.67. The Morgan fingerprint density at radius 1 is 1.44 bits per heavy atom. The van der Waals surface area contributed by atoms with E-state index in [1.807, 2.05) is 11.9 Å². The van der Waals surface area contributed by atoms with Gasteiger partial charge in [-0.05, 0) is 31.6 Å². The van der Waals surface area contributed by atoms with Gasteiger partial charge in [-0.25, -0.2) is 0 Å². The van der Waals surface area contributed by atoms with Crippen molar-refractivity contribution >= 4 is 17.7 Å². The summed E-state index contributed by atoms with van der Waals surface area (Å²) in [6.07, 6.45) is 6.65. The van der Waals surface area contributed by atoms with Crippen molar-refractivity contribution in [1.29, 1.82) is 0 Å². The van der Waals surface area contributed by atoms with E-state index in [-0.39, 0.29) is 5.92 Å². The van der Waals surface area contributed by atoms with E-state index in [9.17, 15) is 4.79 Å². The molecule has 1 aliphatic rings. The zero-order valence-corrected chi connectivity index (χ0v) is 11.3. The predicted molar refractivity (Wildman–Crippen MR) is 70.5 cm³/mol. The quantitative estimate of drug-likeness (QED) is 0.798. The molecule has 2 unspecified atom stereocenters. The monoisotopic (exact) mass is 244 g/mol. The van der Waals surface area contributed by atoms with Crippen molar-refractivity contribution in [2.75, 3.05) is 32.1 Å². The molecule has 0 aromatic heterocycles. The zero-order chi connectivity index (χ0) is 12.0. The van der Waals surface area contributed by atoms with Crippen LogP contribution >= 0.6 is 11.8 Å². The number of hydrogen-bond acceptors (Lipinski definition) is 3. The first-order chi connectivity index (χ1) is 7.70. The third-order valence-electron chi connectivity index (χ3n) is 3.54. The number of carbonyl (C=O) groups excluding carboxylic acids is 1. The van der Waals surface area contributed by atoms with Crippen LogP contribution in [-0.4, -0.2) is 43.0 Å². The molecule has 3 nitrogen and oxygen atoms in total. The first-order valence-corrected chi connectivity index (χ1v) is 7.54. The molecule has 0 aromatic rings. The highest BCUT2D eigenvalue weighted by atomic mass is 32.2. The number of hydrogen-bond donors (Lipinski definition) is 1. The SMILES string of the molecule is CSCCN(C)C(=O)C1CCCCC1CN. The molecule has 2 atom stereocenters. The Labute approximate surface area is 103 Å². The summed E-state index contributed by atoms with van der Waals surface area (Å²) in [7, 11) is 1.92. The predicted octanol–water partition coefficient (Wildman–Crippen LogP) is 1.57. The van der Waals surface area contributed by atoms with Crippen LogP contribution in [0.15, 0.2) is 0 Å². The van der Waals surface area contributed by atoms with Crippen LogP contribution in [0.5, 0.6) is 0 Å². The minimum atomic E-state index is 0.186. The number of thioether (sulfide) groups is 1. The van der Waals surface area contributed by atoms with E-state index in [1.165, 1.54) is 12.8 Å². The average Bonchev–Trinajstić information content (AvgIpc) is 2.34. The Bertz CT molecular complexity index is 223. The van der Waals surface area contributed by atoms with E-state index in [0.29, 0.717) is 18.4 Å². The van der Waals surface area contributed by atoms with Crippen LogP contribution in [0.25, 0.3) is 0 Å². The lowest BCUT2D eigenvalue weighted by molar-refractivity contribution is -0.136. The number of nitrogens with two attached hydrogens (primary N) is 1. The van der Waals surface area contributed by atoms with E-state index in [2.05, 4.69) is 6.26 Å². The second-order valence-electron chi connectivity index (χ2n) is 4.64. The Balaban J connectivity index is 2.49. The van der Waals surface area contributed by atoms with Crippen molar-refractivity contribution in [3.63, 3.8) is 0 Å². The molecule has 0 spiro atoms. The Morgan fingerprint density at radius 2 is 2.12 bits per heavy atom. The fraction of sp³-hybridized carbons (Fsp3) is 0.917. The van der Waals surface area contributed by atoms with Gasteiger partial charge in [0.25, 0.3) is 0 Å². The van der Waals surface area contributed by atoms with Crippen molar-refractivity contribution in [2.45, 2.75) is 25.7 Å². The van der Waals surface area contributed by atoms with E-state index in [0.717, 1.165) is 25.1 Å². The largest absolute Gasteiger partial charge is 0.345 e. The van der Waals surface area contributed by atoms with Gasteiger partial charge in [-0.3, -0.25) is 4.79 Å². The molecule has 1 fully saturated rings. The Morgan fingerprint density at radius 3 is 2.75 bits per heavy atom. The minimum Gasteiger partial charge on any atom is -0.345 e. The summed E-state index contributed by atoms with van der Waals surface area (Å²) < 4.78 is 0. The van der Waals surface area contributed by atoms with Crippen molar-refractivity contribution < 1.29 is 4.79 Å². The molecule has 0 bridgehead atoms. The molecule has 0 aromatic carbocycles. The van der Waals surface area contributed by atoms with Crippen LogP contribution in [-0.2, 0) is 4.79 Å². The van der Waals surface area contributed by atoms with Crippen molar-refractivity contribution in [2.24, 2.45) is 17.6 Å². The number of amides is 1. The van der Waals surface area contributed by atoms with E-state index in [4.69, 9.17) is 5.73 Å². The van der Waals surface area contributed by atoms with Crippen LogP contribution in [0.1, 0.15) is 25.7 Å². The van der Waals surface area contributed by atoms with Crippen molar-refractivity contribution in [3.05, 3.63) is 0 Å². The summed E-state index contributed by atoms with van der Waals surface area (Å²) in [5, 5.41) is 0. The van der Waals surface area contributed by atoms with E-state index < -0.39 is 0 Å². The van der Waals surface area contributed by atoms with Gasteiger partial charge in [0, 0.05) is 25.3 Å². The van der Waals surface area contributed by atoms with Gasteiger partial charge < -0.3 is 10.6 Å². The maximum Gasteiger partial charge on any atom is 0.225 e. The van der Waals surface area contributed by atoms with Crippen molar-refractivity contribution in [3.8, 4) is 0 Å². The molecule has 2 N–H and O–H groups in total. The van der Waals surface area contributed by atoms with Crippen LogP contribution in [0.3, 0.4) is 0 Å². The molecule has 94 valence electrons. The molecule has 4 heteroatoms. The molecule has 0 heterocycles. The average molecular weight is 244 g/mol. The number of nitrogens with zero attached hydrogens (tertiary/aromatic N) is 1. The van der Waals surface area contributed by atoms with Gasteiger partial charge in [-0.1, -0.05) is 12.8 Å². The highest BCUT2D eigenvalue weighted by molar-refractivity contribution is 7.98. The van der Waals surface area contributed by atoms with Crippen molar-refractivity contribution in [1.82, 2.24) is 4.90 Å². The summed E-state index contributed by atoms with van der Waals surface area (Å²) in [6.45, 7) is 1.51. The third-order valence-corrected chi connectivity index (χ3v) is 4.13. The van der Waals surface area contributed by atoms with Gasteiger partial charge >= 0.3 is 0 Å². The summed E-state index contributed by atoms with van der Waals surface area (Å²) in [5.74, 6) is 1.93. The van der Waals surface area contributed by atoms with Gasteiger partial charge in [0.15, 0.2) is 0 Å². The summed E-state index contributed by atoms with van der Waals surface area (Å²) >= 11 is 1.78. The molecule has 1 amide bonds. The lowest BCUT2D eigenvalue weighted by Crippen LogP contribution is -2.41. The maximum atomic E-state index is 12.2. The normalized spacial score (nSPS) is 25.4. The van der Waals surface area contributed by atoms with Gasteiger partial charge in [0.2, 0.25) is 5.91 Å². The Kier molecular flexibility index (Phi) is 6.21. The minimum absolute atomic E-state index is 0.186. The standard InChI is InChI=1S/C12H24N2OS/c1-14(7-8-16-2)12(15)11-6-4-3-5-10(11)9-13/h10-11H,3-9,13H2,1-2H3. The second-order valence-corrected chi connectivity index (χ2v) is 5.62. The molecule has 0 radical (unpaired) electrons. The fourth-order valence-corrected chi connectivity index (χ4v) is 2.89. The lowest BCUT2D eigenvalue weighted by Gasteiger charge is -2.32. The molecule has 16 heavy (non-hydrogen) atoms. The van der Waals surface area contributed by atoms with Gasteiger partial charge in [0.05, 0.1) is 0 Å². The number of carbonyl (C=O) groups is 1. The molecule has 1 rings (SSSR count). The fourth-order valence-electron chi connectivity index (χ4n) is 2.44. The first-order valence-electron chi connectivity index (χ1n) is 6.14. The maximum absolute atomic E-state index is 12.2. The topological polar surface area (TPSA) is 46.3 Å². The van der Waals surface area contributed by atoms with Gasteiger partial charge in [0.1, 0.15) is 0 Å². The second kappa shape index (κ2) is 7.17. The lowest BCUT2D eigenvalue weighted by atomic mass is 9.78. The summed E-state index contributed by atoms with van der Waals surface area (Å²) in [4.78, 5) is 14.1. The van der Waals surface area contributed by atoms with Gasteiger partial charge in [-0.15, -0.1) is 0 Å². The molecular weight excluding hydrogens is 220 g/mol. The van der Waals surface area contributed by atoms with Crippen LogP contribution in [0, 0.1) is 11.8 Å². The van der Waals surface area contributed by atoms with E-state index >= 15 is 0 Å². The smallest absolute Gasteiger partial charge is 0.225 e. The number of rotatable bonds is 5. The van der Waals surface area contributed by atoms with Gasteiger partial charge in [-0.2, -0.15) is 11.8 Å². The highest BCUT2D eigenvalue weighted by Gasteiger charge is 2.31. The molecular formula is C12H24N2OS. The Hall–Kier alpha value is -0.220. The summed E-state index contributed by atoms with van der Waals surface area (Å²) in [5.41, 5.74) is 5.76. The van der Waals surface area contributed by atoms with Crippen LogP contribution in [0.4, 0.5) is 0 Å². The summed E-state index contributed by atoms with van der Waals surface area (Å²) in [6, 6.07) is 0. The highest BCUT2D eigenvalue weighted by Crippen LogP contribution is 2.30. The molecule has 1 saturated carbocycles. The molecule has 1 aliphatic carbocycles. The first kappa shape index (κ1) is 13.8.